The predicted octanol–water partition coefficient (Wildman–Crippen LogP) is 4.21. The Bertz CT molecular complexity index is 800. The average molecular weight is 320 g/mol. The van der Waals surface area contributed by atoms with E-state index in [9.17, 15) is 5.11 Å². The Labute approximate surface area is 142 Å². The SMILES string of the molecule is Nc1ccc(N[C@@]23Cc4ccc(O)cc4C4(CCCCC42)C3)cc1. The van der Waals surface area contributed by atoms with Gasteiger partial charge in [0.15, 0.2) is 0 Å². The van der Waals surface area contributed by atoms with E-state index in [2.05, 4.69) is 23.5 Å². The van der Waals surface area contributed by atoms with Gasteiger partial charge in [-0.15, -0.1) is 0 Å². The van der Waals surface area contributed by atoms with E-state index in [0.29, 0.717) is 11.7 Å². The molecule has 0 aliphatic heterocycles. The van der Waals surface area contributed by atoms with E-state index in [4.69, 9.17) is 5.73 Å². The molecule has 3 aliphatic carbocycles. The number of hydrogen-bond acceptors (Lipinski definition) is 3. The number of rotatable bonds is 2. The van der Waals surface area contributed by atoms with Crippen molar-refractivity contribution in [2.24, 2.45) is 5.92 Å². The van der Waals surface area contributed by atoms with Gasteiger partial charge >= 0.3 is 0 Å². The molecule has 0 aromatic heterocycles. The average Bonchev–Trinajstić information content (AvgIpc) is 2.57. The first-order chi connectivity index (χ1) is 11.6. The van der Waals surface area contributed by atoms with Gasteiger partial charge in [-0.25, -0.2) is 0 Å². The molecule has 2 fully saturated rings. The molecule has 0 radical (unpaired) electrons. The first kappa shape index (κ1) is 14.2. The number of nitrogens with two attached hydrogens (primary N) is 1. The summed E-state index contributed by atoms with van der Waals surface area (Å²) in [4.78, 5) is 0. The molecule has 2 unspecified atom stereocenters. The van der Waals surface area contributed by atoms with Gasteiger partial charge in [0.1, 0.15) is 5.75 Å². The van der Waals surface area contributed by atoms with Crippen LogP contribution in [0, 0.1) is 5.92 Å². The van der Waals surface area contributed by atoms with E-state index >= 15 is 0 Å². The second-order valence-corrected chi connectivity index (χ2v) is 8.05. The molecular formula is C21H24N2O. The molecule has 3 atom stereocenters. The monoisotopic (exact) mass is 320 g/mol. The zero-order valence-electron chi connectivity index (χ0n) is 13.9. The van der Waals surface area contributed by atoms with Crippen molar-refractivity contribution in [3.63, 3.8) is 0 Å². The summed E-state index contributed by atoms with van der Waals surface area (Å²) >= 11 is 0. The summed E-state index contributed by atoms with van der Waals surface area (Å²) in [5.74, 6) is 1.09. The van der Waals surface area contributed by atoms with Crippen molar-refractivity contribution in [1.82, 2.24) is 0 Å². The van der Waals surface area contributed by atoms with Crippen molar-refractivity contribution in [3.05, 3.63) is 53.6 Å². The Kier molecular flexibility index (Phi) is 2.77. The zero-order chi connectivity index (χ0) is 16.4. The summed E-state index contributed by atoms with van der Waals surface area (Å²) in [6.07, 6.45) is 7.43. The molecule has 0 saturated heterocycles. The molecule has 2 aromatic rings. The molecule has 24 heavy (non-hydrogen) atoms. The summed E-state index contributed by atoms with van der Waals surface area (Å²) in [6, 6.07) is 14.2. The van der Waals surface area contributed by atoms with Crippen molar-refractivity contribution in [1.29, 1.82) is 0 Å². The van der Waals surface area contributed by atoms with Gasteiger partial charge in [0.2, 0.25) is 0 Å². The normalized spacial score (nSPS) is 33.1. The minimum absolute atomic E-state index is 0.167. The zero-order valence-corrected chi connectivity index (χ0v) is 13.9. The minimum Gasteiger partial charge on any atom is -0.508 e. The van der Waals surface area contributed by atoms with Gasteiger partial charge in [0.25, 0.3) is 0 Å². The number of phenolic OH excluding ortho intramolecular Hbond substituents is 1. The van der Waals surface area contributed by atoms with Crippen molar-refractivity contribution >= 4 is 11.4 Å². The summed E-state index contributed by atoms with van der Waals surface area (Å²) in [7, 11) is 0. The first-order valence-corrected chi connectivity index (χ1v) is 9.08. The van der Waals surface area contributed by atoms with Crippen molar-refractivity contribution in [2.45, 2.75) is 49.5 Å². The van der Waals surface area contributed by atoms with Crippen molar-refractivity contribution in [3.8, 4) is 5.75 Å². The molecule has 2 saturated carbocycles. The Morgan fingerprint density at radius 3 is 2.75 bits per heavy atom. The van der Waals surface area contributed by atoms with Gasteiger partial charge in [-0.05, 0) is 79.1 Å². The molecule has 3 nitrogen and oxygen atoms in total. The Balaban J connectivity index is 1.56. The maximum Gasteiger partial charge on any atom is 0.115 e. The third kappa shape index (κ3) is 1.78. The molecule has 3 aliphatic rings. The lowest BCUT2D eigenvalue weighted by Gasteiger charge is -2.69. The van der Waals surface area contributed by atoms with E-state index in [-0.39, 0.29) is 11.0 Å². The fourth-order valence-electron chi connectivity index (χ4n) is 5.97. The van der Waals surface area contributed by atoms with Crippen LogP contribution in [0.15, 0.2) is 42.5 Å². The lowest BCUT2D eigenvalue weighted by molar-refractivity contribution is -0.0356. The molecule has 3 heteroatoms. The first-order valence-electron chi connectivity index (χ1n) is 9.08. The Morgan fingerprint density at radius 2 is 1.92 bits per heavy atom. The summed E-state index contributed by atoms with van der Waals surface area (Å²) < 4.78 is 0. The van der Waals surface area contributed by atoms with Gasteiger partial charge < -0.3 is 16.2 Å². The number of hydrogen-bond donors (Lipinski definition) is 3. The summed E-state index contributed by atoms with van der Waals surface area (Å²) in [5.41, 5.74) is 11.1. The van der Waals surface area contributed by atoms with Crippen molar-refractivity contribution in [2.75, 3.05) is 11.1 Å². The number of fused-ring (bicyclic) bond motifs is 1. The maximum absolute atomic E-state index is 10.0. The van der Waals surface area contributed by atoms with Gasteiger partial charge in [0, 0.05) is 22.3 Å². The molecule has 2 aromatic carbocycles. The number of phenols is 1. The third-order valence-corrected chi connectivity index (χ3v) is 6.77. The number of nitrogen functional groups attached to an aromatic ring is 1. The van der Waals surface area contributed by atoms with E-state index in [0.717, 1.165) is 12.1 Å². The maximum atomic E-state index is 10.0. The highest BCUT2D eigenvalue weighted by Crippen LogP contribution is 2.67. The number of anilines is 2. The van der Waals surface area contributed by atoms with Gasteiger partial charge in [-0.2, -0.15) is 0 Å². The molecule has 2 bridgehead atoms. The standard InChI is InChI=1S/C21H24N2O/c22-15-5-7-16(8-6-15)23-21-12-14-4-9-17(24)11-18(14)20(13-21)10-2-1-3-19(20)21/h4-9,11,19,23-24H,1-3,10,12-13,22H2/t19?,20?,21-/m1/s1. The van der Waals surface area contributed by atoms with Crippen molar-refractivity contribution < 1.29 is 5.11 Å². The second kappa shape index (κ2) is 4.69. The third-order valence-electron chi connectivity index (χ3n) is 6.77. The highest BCUT2D eigenvalue weighted by molar-refractivity contribution is 5.58. The smallest absolute Gasteiger partial charge is 0.115 e. The van der Waals surface area contributed by atoms with Crippen LogP contribution in [-0.4, -0.2) is 10.6 Å². The quantitative estimate of drug-likeness (QED) is 0.726. The highest BCUT2D eigenvalue weighted by Gasteiger charge is 2.67. The van der Waals surface area contributed by atoms with E-state index in [1.165, 1.54) is 48.9 Å². The lowest BCUT2D eigenvalue weighted by Crippen LogP contribution is -2.72. The molecule has 4 N–H and O–H groups in total. The molecule has 0 amide bonds. The Hall–Kier alpha value is -2.16. The van der Waals surface area contributed by atoms with Crippen LogP contribution in [0.3, 0.4) is 0 Å². The van der Waals surface area contributed by atoms with Crippen LogP contribution < -0.4 is 11.1 Å². The fraction of sp³-hybridized carbons (Fsp3) is 0.429. The molecule has 0 heterocycles. The fourth-order valence-corrected chi connectivity index (χ4v) is 5.97. The predicted molar refractivity (Wildman–Crippen MR) is 97.3 cm³/mol. The Morgan fingerprint density at radius 1 is 1.08 bits per heavy atom. The topological polar surface area (TPSA) is 58.3 Å². The summed E-state index contributed by atoms with van der Waals surface area (Å²) in [6.45, 7) is 0. The van der Waals surface area contributed by atoms with Crippen LogP contribution in [0.1, 0.15) is 43.2 Å². The van der Waals surface area contributed by atoms with E-state index < -0.39 is 0 Å². The van der Waals surface area contributed by atoms with Crippen LogP contribution in [0.25, 0.3) is 0 Å². The van der Waals surface area contributed by atoms with Gasteiger partial charge in [-0.1, -0.05) is 18.9 Å². The molecule has 124 valence electrons. The number of nitrogens with one attached hydrogen (secondary N) is 1. The molecular weight excluding hydrogens is 296 g/mol. The van der Waals surface area contributed by atoms with E-state index in [1.54, 1.807) is 0 Å². The van der Waals surface area contributed by atoms with Crippen LogP contribution >= 0.6 is 0 Å². The molecule has 5 rings (SSSR count). The summed E-state index contributed by atoms with van der Waals surface area (Å²) in [5, 5.41) is 13.9. The molecule has 0 spiro atoms. The number of aromatic hydroxyl groups is 1. The van der Waals surface area contributed by atoms with Crippen LogP contribution in [0.2, 0.25) is 0 Å². The van der Waals surface area contributed by atoms with Crippen LogP contribution in [0.4, 0.5) is 11.4 Å². The lowest BCUT2D eigenvalue weighted by atomic mass is 9.38. The van der Waals surface area contributed by atoms with Crippen LogP contribution in [-0.2, 0) is 11.8 Å². The largest absolute Gasteiger partial charge is 0.508 e. The van der Waals surface area contributed by atoms with Gasteiger partial charge in [0.05, 0.1) is 0 Å². The second-order valence-electron chi connectivity index (χ2n) is 8.05. The van der Waals surface area contributed by atoms with E-state index in [1.807, 2.05) is 24.3 Å². The van der Waals surface area contributed by atoms with Crippen LogP contribution in [0.5, 0.6) is 5.75 Å². The highest BCUT2D eigenvalue weighted by atomic mass is 16.3. The number of benzene rings is 2. The van der Waals surface area contributed by atoms with Gasteiger partial charge in [-0.3, -0.25) is 0 Å². The minimum atomic E-state index is 0.167.